The fourth-order valence-electron chi connectivity index (χ4n) is 4.24. The molecule has 0 aliphatic carbocycles. The molecule has 0 radical (unpaired) electrons. The van der Waals surface area contributed by atoms with Gasteiger partial charge in [-0.1, -0.05) is 28.6 Å². The largest absolute Gasteiger partial charge is 0.309 e. The van der Waals surface area contributed by atoms with Crippen molar-refractivity contribution < 1.29 is 4.39 Å². The van der Waals surface area contributed by atoms with Crippen molar-refractivity contribution in [1.29, 1.82) is 0 Å². The van der Waals surface area contributed by atoms with Crippen LogP contribution in [0.1, 0.15) is 22.9 Å². The fourth-order valence-corrected chi connectivity index (χ4v) is 4.24. The number of aryl methyl sites for hydroxylation is 3. The van der Waals surface area contributed by atoms with Crippen molar-refractivity contribution in [2.75, 3.05) is 5.32 Å². The second-order valence-electron chi connectivity index (χ2n) is 8.66. The number of aromatic nitrogens is 10. The molecule has 2 aromatic carbocycles. The first-order valence-corrected chi connectivity index (χ1v) is 11.5. The molecule has 0 spiro atoms. The Morgan fingerprint density at radius 1 is 0.946 bits per heavy atom. The zero-order valence-electron chi connectivity index (χ0n) is 20.3. The lowest BCUT2D eigenvalue weighted by molar-refractivity contribution is 0.536. The summed E-state index contributed by atoms with van der Waals surface area (Å²) in [7, 11) is 3.63. The Bertz CT molecular complexity index is 1730. The molecule has 0 aliphatic heterocycles. The van der Waals surface area contributed by atoms with E-state index in [1.165, 1.54) is 6.07 Å². The highest BCUT2D eigenvalue weighted by Gasteiger charge is 2.24. The maximum Gasteiger partial charge on any atom is 0.228 e. The molecule has 0 saturated heterocycles. The number of fused-ring (bicyclic) bond motifs is 1. The third kappa shape index (κ3) is 4.07. The molecule has 1 N–H and O–H groups in total. The van der Waals surface area contributed by atoms with E-state index in [1.54, 1.807) is 52.7 Å². The third-order valence-electron chi connectivity index (χ3n) is 6.27. The highest BCUT2D eigenvalue weighted by molar-refractivity contribution is 5.81. The minimum atomic E-state index is -0.473. The van der Waals surface area contributed by atoms with Crippen LogP contribution in [0.25, 0.3) is 22.3 Å². The summed E-state index contributed by atoms with van der Waals surface area (Å²) >= 11 is 0. The molecule has 11 nitrogen and oxygen atoms in total. The molecule has 0 amide bonds. The summed E-state index contributed by atoms with van der Waals surface area (Å²) in [6.45, 7) is 1.73. The van der Waals surface area contributed by atoms with Gasteiger partial charge in [-0.25, -0.2) is 23.7 Å². The number of nitrogens with one attached hydrogen (secondary N) is 1. The molecule has 184 valence electrons. The Labute approximate surface area is 210 Å². The van der Waals surface area contributed by atoms with Gasteiger partial charge in [0.25, 0.3) is 0 Å². The van der Waals surface area contributed by atoms with Crippen LogP contribution >= 0.6 is 0 Å². The average molecular weight is 496 g/mol. The van der Waals surface area contributed by atoms with Crippen molar-refractivity contribution in [3.63, 3.8) is 0 Å². The summed E-state index contributed by atoms with van der Waals surface area (Å²) in [5, 5.41) is 24.3. The predicted octanol–water partition coefficient (Wildman–Crippen LogP) is 3.58. The lowest BCUT2D eigenvalue weighted by atomic mass is 10.0. The van der Waals surface area contributed by atoms with Crippen LogP contribution in [0.3, 0.4) is 0 Å². The van der Waals surface area contributed by atoms with Gasteiger partial charge in [0.05, 0.1) is 29.3 Å². The van der Waals surface area contributed by atoms with E-state index in [1.807, 2.05) is 43.4 Å². The summed E-state index contributed by atoms with van der Waals surface area (Å²) in [5.41, 5.74) is 5.06. The van der Waals surface area contributed by atoms with Gasteiger partial charge < -0.3 is 5.32 Å². The van der Waals surface area contributed by atoms with Gasteiger partial charge in [0, 0.05) is 31.9 Å². The van der Waals surface area contributed by atoms with Crippen LogP contribution in [0.5, 0.6) is 0 Å². The van der Waals surface area contributed by atoms with Crippen molar-refractivity contribution >= 4 is 22.8 Å². The van der Waals surface area contributed by atoms with Crippen molar-refractivity contribution in [3.05, 3.63) is 89.8 Å². The maximum atomic E-state index is 14.5. The summed E-state index contributed by atoms with van der Waals surface area (Å²) in [5.74, 6) is 0.942. The van der Waals surface area contributed by atoms with Gasteiger partial charge >= 0.3 is 0 Å². The highest BCUT2D eigenvalue weighted by atomic mass is 19.1. The van der Waals surface area contributed by atoms with Gasteiger partial charge in [-0.3, -0.25) is 4.68 Å². The van der Waals surface area contributed by atoms with Gasteiger partial charge in [0.15, 0.2) is 0 Å². The van der Waals surface area contributed by atoms with Crippen LogP contribution in [0, 0.1) is 12.7 Å². The number of anilines is 2. The van der Waals surface area contributed by atoms with E-state index in [0.717, 1.165) is 28.3 Å². The number of benzene rings is 2. The molecule has 0 fully saturated rings. The van der Waals surface area contributed by atoms with Gasteiger partial charge in [0.1, 0.15) is 23.2 Å². The second-order valence-corrected chi connectivity index (χ2v) is 8.66. The second kappa shape index (κ2) is 8.90. The molecule has 1 atom stereocenters. The predicted molar refractivity (Wildman–Crippen MR) is 134 cm³/mol. The molecule has 0 bridgehead atoms. The lowest BCUT2D eigenvalue weighted by Crippen LogP contribution is -2.17. The van der Waals surface area contributed by atoms with Gasteiger partial charge in [0.2, 0.25) is 5.95 Å². The summed E-state index contributed by atoms with van der Waals surface area (Å²) in [6.07, 6.45) is 5.05. The molecule has 12 heteroatoms. The van der Waals surface area contributed by atoms with Crippen molar-refractivity contribution in [2.45, 2.75) is 13.0 Å². The number of nitrogens with zero attached hydrogens (tertiary/aromatic N) is 10. The summed E-state index contributed by atoms with van der Waals surface area (Å²) in [6, 6.07) is 14.2. The van der Waals surface area contributed by atoms with Crippen molar-refractivity contribution in [3.8, 4) is 11.3 Å². The van der Waals surface area contributed by atoms with E-state index in [-0.39, 0.29) is 5.82 Å². The molecule has 0 aliphatic rings. The zero-order chi connectivity index (χ0) is 25.5. The molecule has 1 unspecified atom stereocenters. The Balaban J connectivity index is 1.40. The van der Waals surface area contributed by atoms with E-state index in [2.05, 4.69) is 41.0 Å². The standard InChI is InChI=1S/C25H22FN11/c1-15-4-5-17(12-18(15)26)24(22-14-28-33-35(22)2)37-21-7-6-16(13-20(21)32-34-37)19-8-10-27-25(30-19)31-23-9-11-29-36(23)3/h4-14,24H,1-3H3,(H,27,30,31). The van der Waals surface area contributed by atoms with Crippen LogP contribution in [-0.4, -0.2) is 49.7 Å². The molecule has 4 aromatic heterocycles. The molecular weight excluding hydrogens is 473 g/mol. The van der Waals surface area contributed by atoms with Crippen molar-refractivity contribution in [1.82, 2.24) is 49.7 Å². The van der Waals surface area contributed by atoms with E-state index >= 15 is 0 Å². The lowest BCUT2D eigenvalue weighted by Gasteiger charge is -2.19. The third-order valence-corrected chi connectivity index (χ3v) is 6.27. The minimum Gasteiger partial charge on any atom is -0.309 e. The number of rotatable bonds is 6. The minimum absolute atomic E-state index is 0.288. The van der Waals surface area contributed by atoms with Crippen LogP contribution in [0.4, 0.5) is 16.2 Å². The maximum absolute atomic E-state index is 14.5. The number of hydrogen-bond acceptors (Lipinski definition) is 8. The quantitative estimate of drug-likeness (QED) is 0.373. The molecule has 4 heterocycles. The van der Waals surface area contributed by atoms with Crippen LogP contribution in [-0.2, 0) is 14.1 Å². The molecular formula is C25H22FN11. The zero-order valence-corrected chi connectivity index (χ0v) is 20.3. The summed E-state index contributed by atoms with van der Waals surface area (Å²) < 4.78 is 19.7. The SMILES string of the molecule is Cc1ccc(C(c2cnnn2C)n2nnc3cc(-c4ccnc(Nc5ccnn5C)n4)ccc32)cc1F. The van der Waals surface area contributed by atoms with Crippen molar-refractivity contribution in [2.24, 2.45) is 14.1 Å². The normalized spacial score (nSPS) is 12.2. The van der Waals surface area contributed by atoms with E-state index in [0.29, 0.717) is 22.6 Å². The molecule has 0 saturated carbocycles. The Morgan fingerprint density at radius 3 is 2.59 bits per heavy atom. The van der Waals surface area contributed by atoms with Gasteiger partial charge in [-0.2, -0.15) is 5.10 Å². The van der Waals surface area contributed by atoms with E-state index < -0.39 is 6.04 Å². The number of hydrogen-bond donors (Lipinski definition) is 1. The van der Waals surface area contributed by atoms with Gasteiger partial charge in [-0.05, 0) is 42.3 Å². The topological polar surface area (TPSA) is 117 Å². The first-order chi connectivity index (χ1) is 18.0. The highest BCUT2D eigenvalue weighted by Crippen LogP contribution is 2.31. The monoisotopic (exact) mass is 495 g/mol. The Morgan fingerprint density at radius 2 is 1.84 bits per heavy atom. The Kier molecular flexibility index (Phi) is 5.40. The van der Waals surface area contributed by atoms with Crippen LogP contribution in [0.15, 0.2) is 67.1 Å². The van der Waals surface area contributed by atoms with Crippen LogP contribution < -0.4 is 5.32 Å². The summed E-state index contributed by atoms with van der Waals surface area (Å²) in [4.78, 5) is 8.96. The first kappa shape index (κ1) is 22.5. The average Bonchev–Trinajstić information content (AvgIpc) is 3.63. The van der Waals surface area contributed by atoms with Gasteiger partial charge in [-0.15, -0.1) is 10.2 Å². The number of halogens is 1. The van der Waals surface area contributed by atoms with E-state index in [9.17, 15) is 4.39 Å². The smallest absolute Gasteiger partial charge is 0.228 e. The molecule has 6 rings (SSSR count). The first-order valence-electron chi connectivity index (χ1n) is 11.5. The Hall–Kier alpha value is -5.00. The van der Waals surface area contributed by atoms with E-state index in [4.69, 9.17) is 0 Å². The molecule has 6 aromatic rings. The molecule has 37 heavy (non-hydrogen) atoms. The fraction of sp³-hybridized carbons (Fsp3) is 0.160. The van der Waals surface area contributed by atoms with Crippen LogP contribution in [0.2, 0.25) is 0 Å².